The molecule has 0 bridgehead atoms. The highest BCUT2D eigenvalue weighted by atomic mass is 35.5. The first kappa shape index (κ1) is 19.9. The van der Waals surface area contributed by atoms with Crippen molar-refractivity contribution in [3.63, 3.8) is 0 Å². The number of carbonyl (C=O) groups excluding carboxylic acids is 3. The Labute approximate surface area is 168 Å². The molecule has 4 amide bonds. The number of urea groups is 1. The van der Waals surface area contributed by atoms with Crippen LogP contribution in [0.15, 0.2) is 48.5 Å². The van der Waals surface area contributed by atoms with Crippen molar-refractivity contribution < 1.29 is 14.4 Å². The molecule has 28 heavy (non-hydrogen) atoms. The molecule has 1 aliphatic heterocycles. The highest BCUT2D eigenvalue weighted by molar-refractivity contribution is 6.30. The van der Waals surface area contributed by atoms with E-state index in [1.54, 1.807) is 25.1 Å². The molecule has 6 nitrogen and oxygen atoms in total. The lowest BCUT2D eigenvalue weighted by Crippen LogP contribution is -2.45. The zero-order chi connectivity index (χ0) is 20.3. The molecule has 2 aromatic rings. The van der Waals surface area contributed by atoms with Gasteiger partial charge in [0.1, 0.15) is 12.1 Å². The lowest BCUT2D eigenvalue weighted by atomic mass is 9.93. The van der Waals surface area contributed by atoms with Gasteiger partial charge in [-0.2, -0.15) is 0 Å². The van der Waals surface area contributed by atoms with Gasteiger partial charge in [0, 0.05) is 10.7 Å². The van der Waals surface area contributed by atoms with Gasteiger partial charge in [0.2, 0.25) is 5.91 Å². The number of halogens is 1. The van der Waals surface area contributed by atoms with Gasteiger partial charge in [-0.25, -0.2) is 4.79 Å². The van der Waals surface area contributed by atoms with E-state index in [0.717, 1.165) is 16.0 Å². The lowest BCUT2D eigenvalue weighted by molar-refractivity contribution is -0.133. The van der Waals surface area contributed by atoms with Crippen LogP contribution in [0.5, 0.6) is 0 Å². The summed E-state index contributed by atoms with van der Waals surface area (Å²) in [5.74, 6) is -0.836. The molecule has 1 aliphatic rings. The van der Waals surface area contributed by atoms with Gasteiger partial charge < -0.3 is 10.6 Å². The van der Waals surface area contributed by atoms with Gasteiger partial charge in [-0.3, -0.25) is 14.5 Å². The Bertz CT molecular complexity index is 916. The first-order valence-electron chi connectivity index (χ1n) is 9.02. The molecule has 0 spiro atoms. The maximum atomic E-state index is 12.8. The smallest absolute Gasteiger partial charge is 0.324 e. The van der Waals surface area contributed by atoms with Gasteiger partial charge in [0.05, 0.1) is 0 Å². The van der Waals surface area contributed by atoms with E-state index in [4.69, 9.17) is 11.6 Å². The number of hydrogen-bond donors (Lipinski definition) is 2. The van der Waals surface area contributed by atoms with Crippen molar-refractivity contribution in [2.75, 3.05) is 11.9 Å². The van der Waals surface area contributed by atoms with E-state index in [2.05, 4.69) is 10.6 Å². The van der Waals surface area contributed by atoms with Crippen LogP contribution in [0.3, 0.4) is 0 Å². The predicted octanol–water partition coefficient (Wildman–Crippen LogP) is 3.53. The van der Waals surface area contributed by atoms with Crippen LogP contribution in [0, 0.1) is 6.92 Å². The van der Waals surface area contributed by atoms with Crippen molar-refractivity contribution in [2.24, 2.45) is 0 Å². The van der Waals surface area contributed by atoms with Crippen molar-refractivity contribution in [2.45, 2.75) is 32.2 Å². The molecule has 0 unspecified atom stereocenters. The molecule has 146 valence electrons. The molecule has 3 rings (SSSR count). The van der Waals surface area contributed by atoms with Gasteiger partial charge in [0.15, 0.2) is 0 Å². The third kappa shape index (κ3) is 4.34. The summed E-state index contributed by atoms with van der Waals surface area (Å²) in [6.45, 7) is 3.17. The Hall–Kier alpha value is -2.86. The van der Waals surface area contributed by atoms with E-state index in [1.807, 2.05) is 37.3 Å². The number of anilines is 1. The van der Waals surface area contributed by atoms with Gasteiger partial charge in [-0.15, -0.1) is 0 Å². The van der Waals surface area contributed by atoms with Crippen LogP contribution in [-0.4, -0.2) is 34.8 Å². The minimum atomic E-state index is -1.02. The van der Waals surface area contributed by atoms with Gasteiger partial charge >= 0.3 is 6.03 Å². The minimum absolute atomic E-state index is 0.340. The fourth-order valence-electron chi connectivity index (χ4n) is 3.20. The Balaban J connectivity index is 1.63. The molecule has 0 saturated carbocycles. The van der Waals surface area contributed by atoms with Crippen molar-refractivity contribution >= 4 is 35.1 Å². The monoisotopic (exact) mass is 399 g/mol. The van der Waals surface area contributed by atoms with Crippen LogP contribution in [-0.2, 0) is 16.0 Å². The summed E-state index contributed by atoms with van der Waals surface area (Å²) in [7, 11) is 0. The lowest BCUT2D eigenvalue weighted by Gasteiger charge is -2.21. The topological polar surface area (TPSA) is 78.5 Å². The van der Waals surface area contributed by atoms with Gasteiger partial charge in [0.25, 0.3) is 5.91 Å². The molecule has 0 radical (unpaired) electrons. The van der Waals surface area contributed by atoms with Gasteiger partial charge in [-0.1, -0.05) is 41.9 Å². The molecular weight excluding hydrogens is 378 g/mol. The molecule has 2 N–H and O–H groups in total. The first-order chi connectivity index (χ1) is 13.3. The summed E-state index contributed by atoms with van der Waals surface area (Å²) >= 11 is 5.92. The average Bonchev–Trinajstić information content (AvgIpc) is 2.87. The number of carbonyl (C=O) groups is 3. The van der Waals surface area contributed by atoms with Crippen molar-refractivity contribution in [3.05, 3.63) is 64.7 Å². The van der Waals surface area contributed by atoms with E-state index < -0.39 is 23.4 Å². The molecule has 2 aromatic carbocycles. The largest absolute Gasteiger partial charge is 0.325 e. The van der Waals surface area contributed by atoms with Crippen LogP contribution >= 0.6 is 11.6 Å². The molecule has 0 aliphatic carbocycles. The molecule has 1 saturated heterocycles. The summed E-state index contributed by atoms with van der Waals surface area (Å²) < 4.78 is 0. The first-order valence-corrected chi connectivity index (χ1v) is 9.40. The zero-order valence-electron chi connectivity index (χ0n) is 15.8. The Morgan fingerprint density at radius 1 is 1.18 bits per heavy atom. The van der Waals surface area contributed by atoms with Crippen LogP contribution in [0.4, 0.5) is 10.5 Å². The molecule has 7 heteroatoms. The third-order valence-corrected chi connectivity index (χ3v) is 5.10. The zero-order valence-corrected chi connectivity index (χ0v) is 16.5. The highest BCUT2D eigenvalue weighted by Gasteiger charge is 2.47. The number of benzene rings is 2. The summed E-state index contributed by atoms with van der Waals surface area (Å²) in [5.41, 5.74) is 1.45. The molecule has 1 fully saturated rings. The summed E-state index contributed by atoms with van der Waals surface area (Å²) in [6.07, 6.45) is 1.10. The number of imide groups is 1. The normalized spacial score (nSPS) is 18.9. The minimum Gasteiger partial charge on any atom is -0.324 e. The Morgan fingerprint density at radius 3 is 2.57 bits per heavy atom. The van der Waals surface area contributed by atoms with E-state index in [-0.39, 0.29) is 6.54 Å². The van der Waals surface area contributed by atoms with Crippen LogP contribution in [0.25, 0.3) is 0 Å². The maximum absolute atomic E-state index is 12.8. The highest BCUT2D eigenvalue weighted by Crippen LogP contribution is 2.24. The number of amides is 4. The summed E-state index contributed by atoms with van der Waals surface area (Å²) in [4.78, 5) is 38.4. The van der Waals surface area contributed by atoms with Crippen molar-refractivity contribution in [3.8, 4) is 0 Å². The molecule has 1 atom stereocenters. The Morgan fingerprint density at radius 2 is 1.89 bits per heavy atom. The third-order valence-electron chi connectivity index (χ3n) is 4.87. The average molecular weight is 400 g/mol. The number of nitrogens with one attached hydrogen (secondary N) is 2. The standard InChI is InChI=1S/C21H22ClN3O3/c1-14-12-16(22)8-9-17(14)23-18(26)13-25-19(27)21(2,24-20(25)28)11-10-15-6-4-3-5-7-15/h3-9,12H,10-11,13H2,1-2H3,(H,23,26)(H,24,28)/t21-/m0/s1. The quantitative estimate of drug-likeness (QED) is 0.729. The fraction of sp³-hybridized carbons (Fsp3) is 0.286. The number of hydrogen-bond acceptors (Lipinski definition) is 3. The summed E-state index contributed by atoms with van der Waals surface area (Å²) in [6, 6.07) is 14.3. The van der Waals surface area contributed by atoms with Crippen molar-refractivity contribution in [1.29, 1.82) is 0 Å². The molecule has 1 heterocycles. The number of rotatable bonds is 6. The maximum Gasteiger partial charge on any atom is 0.325 e. The van der Waals surface area contributed by atoms with Crippen LogP contribution in [0.2, 0.25) is 5.02 Å². The van der Waals surface area contributed by atoms with E-state index in [0.29, 0.717) is 23.6 Å². The van der Waals surface area contributed by atoms with E-state index in [9.17, 15) is 14.4 Å². The number of nitrogens with zero attached hydrogens (tertiary/aromatic N) is 1. The Kier molecular flexibility index (Phi) is 5.70. The van der Waals surface area contributed by atoms with Gasteiger partial charge in [-0.05, 0) is 56.0 Å². The number of aryl methyl sites for hydroxylation is 2. The predicted molar refractivity (Wildman–Crippen MR) is 108 cm³/mol. The second-order valence-electron chi connectivity index (χ2n) is 7.15. The molecular formula is C21H22ClN3O3. The SMILES string of the molecule is Cc1cc(Cl)ccc1NC(=O)CN1C(=O)N[C@@](C)(CCc2ccccc2)C1=O. The molecule has 0 aromatic heterocycles. The van der Waals surface area contributed by atoms with Crippen LogP contribution < -0.4 is 10.6 Å². The fourth-order valence-corrected chi connectivity index (χ4v) is 3.43. The second kappa shape index (κ2) is 8.02. The van der Waals surface area contributed by atoms with Crippen molar-refractivity contribution in [1.82, 2.24) is 10.2 Å². The van der Waals surface area contributed by atoms with Crippen LogP contribution in [0.1, 0.15) is 24.5 Å². The van der Waals surface area contributed by atoms with E-state index >= 15 is 0 Å². The van der Waals surface area contributed by atoms with E-state index in [1.165, 1.54) is 0 Å². The second-order valence-corrected chi connectivity index (χ2v) is 7.58. The summed E-state index contributed by atoms with van der Waals surface area (Å²) in [5, 5.41) is 6.02.